The maximum Gasteiger partial charge on any atom is 0.387 e. The van der Waals surface area contributed by atoms with E-state index in [1.165, 1.54) is 18.2 Å². The number of hydrogen-bond acceptors (Lipinski definition) is 6. The van der Waals surface area contributed by atoms with E-state index in [4.69, 9.17) is 38.1 Å². The van der Waals surface area contributed by atoms with Crippen molar-refractivity contribution in [1.82, 2.24) is 10.3 Å². The minimum absolute atomic E-state index is 0.00784. The Morgan fingerprint density at radius 2 is 1.94 bits per heavy atom. The van der Waals surface area contributed by atoms with Crippen molar-refractivity contribution in [3.8, 4) is 23.0 Å². The van der Waals surface area contributed by atoms with E-state index >= 15 is 0 Å². The maximum atomic E-state index is 12.9. The van der Waals surface area contributed by atoms with Crippen molar-refractivity contribution < 1.29 is 27.5 Å². The van der Waals surface area contributed by atoms with E-state index in [0.29, 0.717) is 33.7 Å². The normalized spacial score (nSPS) is 14.1. The number of nitrogens with zero attached hydrogens (tertiary/aromatic N) is 1. The predicted octanol–water partition coefficient (Wildman–Crippen LogP) is 5.99. The zero-order valence-corrected chi connectivity index (χ0v) is 20.2. The third-order valence-corrected chi connectivity index (χ3v) is 6.06. The van der Waals surface area contributed by atoms with Gasteiger partial charge in [-0.05, 0) is 56.0 Å². The van der Waals surface area contributed by atoms with Crippen LogP contribution in [0.1, 0.15) is 47.6 Å². The number of rotatable bonds is 10. The van der Waals surface area contributed by atoms with Gasteiger partial charge in [-0.1, -0.05) is 29.3 Å². The molecule has 1 atom stereocenters. The van der Waals surface area contributed by atoms with Gasteiger partial charge < -0.3 is 24.9 Å². The van der Waals surface area contributed by atoms with Crippen LogP contribution in [0, 0.1) is 5.92 Å². The van der Waals surface area contributed by atoms with Gasteiger partial charge in [0.1, 0.15) is 0 Å². The SMILES string of the molecule is C[C@H](N)c1oc(-c2ccc(OC(F)F)c(OCC3CC3)c2)nc1C(=O)NCc1c(Cl)cccc1Cl. The Labute approximate surface area is 210 Å². The summed E-state index contributed by atoms with van der Waals surface area (Å²) in [7, 11) is 0. The van der Waals surface area contributed by atoms with Gasteiger partial charge in [-0.2, -0.15) is 8.78 Å². The molecule has 1 amide bonds. The highest BCUT2D eigenvalue weighted by atomic mass is 35.5. The fourth-order valence-electron chi connectivity index (χ4n) is 3.32. The van der Waals surface area contributed by atoms with Gasteiger partial charge in [-0.3, -0.25) is 4.79 Å². The first kappa shape index (κ1) is 25.2. The molecule has 3 N–H and O–H groups in total. The van der Waals surface area contributed by atoms with Crippen LogP contribution in [-0.2, 0) is 6.54 Å². The Morgan fingerprint density at radius 1 is 1.23 bits per heavy atom. The number of nitrogens with two attached hydrogens (primary N) is 1. The van der Waals surface area contributed by atoms with E-state index in [-0.39, 0.29) is 35.4 Å². The van der Waals surface area contributed by atoms with Crippen LogP contribution in [0.4, 0.5) is 8.78 Å². The quantitative estimate of drug-likeness (QED) is 0.337. The highest BCUT2D eigenvalue weighted by Gasteiger charge is 2.26. The summed E-state index contributed by atoms with van der Waals surface area (Å²) in [5, 5.41) is 3.55. The molecule has 2 aromatic carbocycles. The number of hydrogen-bond donors (Lipinski definition) is 2. The molecule has 3 aromatic rings. The van der Waals surface area contributed by atoms with Gasteiger partial charge in [0.2, 0.25) is 5.89 Å². The van der Waals surface area contributed by atoms with Gasteiger partial charge in [0, 0.05) is 27.7 Å². The van der Waals surface area contributed by atoms with Gasteiger partial charge in [0.05, 0.1) is 12.6 Å². The molecule has 0 unspecified atom stereocenters. The van der Waals surface area contributed by atoms with Crippen LogP contribution in [0.3, 0.4) is 0 Å². The number of aromatic nitrogens is 1. The Morgan fingerprint density at radius 3 is 2.57 bits per heavy atom. The number of carbonyl (C=O) groups is 1. The van der Waals surface area contributed by atoms with Crippen LogP contribution >= 0.6 is 23.2 Å². The molecule has 186 valence electrons. The lowest BCUT2D eigenvalue weighted by Crippen LogP contribution is -2.25. The molecule has 1 heterocycles. The molecule has 1 fully saturated rings. The number of nitrogens with one attached hydrogen (secondary N) is 1. The second kappa shape index (κ2) is 10.8. The first-order valence-corrected chi connectivity index (χ1v) is 11.7. The Kier molecular flexibility index (Phi) is 7.78. The molecule has 35 heavy (non-hydrogen) atoms. The average molecular weight is 526 g/mol. The van der Waals surface area contributed by atoms with Crippen molar-refractivity contribution in [3.05, 3.63) is 63.5 Å². The fraction of sp³-hybridized carbons (Fsp3) is 0.333. The molecule has 1 aliphatic rings. The second-order valence-electron chi connectivity index (χ2n) is 8.20. The molecular weight excluding hydrogens is 503 g/mol. The zero-order chi connectivity index (χ0) is 25.1. The van der Waals surface area contributed by atoms with Crippen molar-refractivity contribution in [3.63, 3.8) is 0 Å². The monoisotopic (exact) mass is 525 g/mol. The van der Waals surface area contributed by atoms with Gasteiger partial charge in [0.25, 0.3) is 5.91 Å². The van der Waals surface area contributed by atoms with Gasteiger partial charge in [-0.15, -0.1) is 0 Å². The summed E-state index contributed by atoms with van der Waals surface area (Å²) < 4.78 is 41.7. The van der Waals surface area contributed by atoms with Crippen molar-refractivity contribution >= 4 is 29.1 Å². The van der Waals surface area contributed by atoms with Crippen LogP contribution in [0.5, 0.6) is 11.5 Å². The molecule has 0 radical (unpaired) electrons. The largest absolute Gasteiger partial charge is 0.489 e. The second-order valence-corrected chi connectivity index (χ2v) is 9.01. The van der Waals surface area contributed by atoms with Crippen LogP contribution in [0.2, 0.25) is 10.0 Å². The molecule has 0 bridgehead atoms. The fourth-order valence-corrected chi connectivity index (χ4v) is 3.85. The van der Waals surface area contributed by atoms with Crippen LogP contribution < -0.4 is 20.5 Å². The molecule has 0 aliphatic heterocycles. The van der Waals surface area contributed by atoms with Crippen molar-refractivity contribution in [1.29, 1.82) is 0 Å². The average Bonchev–Trinajstić information content (AvgIpc) is 3.52. The summed E-state index contributed by atoms with van der Waals surface area (Å²) >= 11 is 12.3. The molecule has 7 nitrogen and oxygen atoms in total. The molecular formula is C24H23Cl2F2N3O4. The molecule has 1 saturated carbocycles. The lowest BCUT2D eigenvalue weighted by atomic mass is 10.2. The van der Waals surface area contributed by atoms with Crippen molar-refractivity contribution in [2.24, 2.45) is 11.7 Å². The standard InChI is InChI=1S/C24H23Cl2F2N3O4/c1-12(29)21-20(22(32)30-10-15-16(25)3-2-4-17(15)26)31-23(35-21)14-7-8-18(34-24(27)28)19(9-14)33-11-13-5-6-13/h2-4,7-9,12-13,24H,5-6,10-11,29H2,1H3,(H,30,32)/t12-/m0/s1. The summed E-state index contributed by atoms with van der Waals surface area (Å²) in [4.78, 5) is 17.3. The summed E-state index contributed by atoms with van der Waals surface area (Å²) in [6.07, 6.45) is 2.06. The van der Waals surface area contributed by atoms with Crippen molar-refractivity contribution in [2.75, 3.05) is 6.61 Å². The van der Waals surface area contributed by atoms with E-state index in [1.807, 2.05) is 0 Å². The minimum Gasteiger partial charge on any atom is -0.489 e. The number of alkyl halides is 2. The van der Waals surface area contributed by atoms with Gasteiger partial charge in [-0.25, -0.2) is 4.98 Å². The first-order valence-electron chi connectivity index (χ1n) is 10.9. The highest BCUT2D eigenvalue weighted by molar-refractivity contribution is 6.36. The topological polar surface area (TPSA) is 99.6 Å². The first-order chi connectivity index (χ1) is 16.7. The summed E-state index contributed by atoms with van der Waals surface area (Å²) in [5.74, 6) is 0.138. The summed E-state index contributed by atoms with van der Waals surface area (Å²) in [5.41, 5.74) is 6.97. The molecule has 0 saturated heterocycles. The Hall–Kier alpha value is -2.88. The molecule has 0 spiro atoms. The third kappa shape index (κ3) is 6.22. The minimum atomic E-state index is -3.00. The smallest absolute Gasteiger partial charge is 0.387 e. The lowest BCUT2D eigenvalue weighted by Gasteiger charge is -2.12. The van der Waals surface area contributed by atoms with E-state index in [9.17, 15) is 13.6 Å². The maximum absolute atomic E-state index is 12.9. The van der Waals surface area contributed by atoms with E-state index in [1.54, 1.807) is 25.1 Å². The summed E-state index contributed by atoms with van der Waals surface area (Å²) in [6, 6.07) is 8.72. The van der Waals surface area contributed by atoms with Crippen molar-refractivity contribution in [2.45, 2.75) is 39.0 Å². The van der Waals surface area contributed by atoms with E-state index < -0.39 is 18.6 Å². The predicted molar refractivity (Wildman–Crippen MR) is 127 cm³/mol. The van der Waals surface area contributed by atoms with E-state index in [0.717, 1.165) is 12.8 Å². The highest BCUT2D eigenvalue weighted by Crippen LogP contribution is 2.37. The van der Waals surface area contributed by atoms with E-state index in [2.05, 4.69) is 15.0 Å². The number of halogens is 4. The zero-order valence-electron chi connectivity index (χ0n) is 18.7. The van der Waals surface area contributed by atoms with Crippen LogP contribution in [-0.4, -0.2) is 24.1 Å². The number of ether oxygens (including phenoxy) is 2. The number of amides is 1. The van der Waals surface area contributed by atoms with Crippen LogP contribution in [0.15, 0.2) is 40.8 Å². The van der Waals surface area contributed by atoms with Crippen LogP contribution in [0.25, 0.3) is 11.5 Å². The molecule has 4 rings (SSSR count). The Bertz CT molecular complexity index is 1200. The number of benzene rings is 2. The third-order valence-electron chi connectivity index (χ3n) is 5.35. The number of oxazole rings is 1. The molecule has 11 heteroatoms. The van der Waals surface area contributed by atoms with Gasteiger partial charge in [0.15, 0.2) is 23.0 Å². The summed E-state index contributed by atoms with van der Waals surface area (Å²) in [6.45, 7) is -0.901. The van der Waals surface area contributed by atoms with Gasteiger partial charge >= 0.3 is 6.61 Å². The molecule has 1 aromatic heterocycles. The molecule has 1 aliphatic carbocycles. The number of carbonyl (C=O) groups excluding carboxylic acids is 1. The lowest BCUT2D eigenvalue weighted by molar-refractivity contribution is -0.0515. The Balaban J connectivity index is 1.59.